The Labute approximate surface area is 187 Å². The lowest BCUT2D eigenvalue weighted by atomic mass is 9.91. The van der Waals surface area contributed by atoms with Crippen LogP contribution >= 0.6 is 11.6 Å². The molecule has 0 aliphatic rings. The van der Waals surface area contributed by atoms with Crippen LogP contribution in [0.3, 0.4) is 0 Å². The number of carbonyl (C=O) groups is 1. The number of halogens is 1. The predicted octanol–water partition coefficient (Wildman–Crippen LogP) is 4.61. The fraction of sp³-hybridized carbons (Fsp3) is 0.200. The molecule has 2 aromatic heterocycles. The number of aromatic nitrogens is 2. The first-order chi connectivity index (χ1) is 15.0. The van der Waals surface area contributed by atoms with Crippen molar-refractivity contribution in [1.82, 2.24) is 19.6 Å². The molecule has 0 unspecified atom stereocenters. The number of rotatable bonds is 7. The molecule has 1 N–H and O–H groups in total. The Balaban J connectivity index is 1.62. The van der Waals surface area contributed by atoms with E-state index in [1.165, 1.54) is 11.1 Å². The van der Waals surface area contributed by atoms with Crippen LogP contribution < -0.4 is 5.32 Å². The summed E-state index contributed by atoms with van der Waals surface area (Å²) in [6.07, 6.45) is 1.80. The molecule has 4 aromatic rings. The van der Waals surface area contributed by atoms with Crippen LogP contribution in [-0.4, -0.2) is 40.8 Å². The van der Waals surface area contributed by atoms with E-state index < -0.39 is 0 Å². The third-order valence-electron chi connectivity index (χ3n) is 5.33. The maximum absolute atomic E-state index is 12.7. The fourth-order valence-corrected chi connectivity index (χ4v) is 3.91. The van der Waals surface area contributed by atoms with Crippen molar-refractivity contribution >= 4 is 23.2 Å². The molecule has 4 rings (SSSR count). The zero-order chi connectivity index (χ0) is 21.8. The number of nitrogens with zero attached hydrogens (tertiary/aromatic N) is 3. The lowest BCUT2D eigenvalue weighted by Crippen LogP contribution is -2.27. The molecule has 0 aliphatic heterocycles. The van der Waals surface area contributed by atoms with Gasteiger partial charge in [-0.3, -0.25) is 4.79 Å². The van der Waals surface area contributed by atoms with Crippen LogP contribution in [0.2, 0.25) is 5.02 Å². The Morgan fingerprint density at radius 1 is 1.00 bits per heavy atom. The van der Waals surface area contributed by atoms with Gasteiger partial charge in [0, 0.05) is 39.3 Å². The van der Waals surface area contributed by atoms with E-state index in [0.717, 1.165) is 12.2 Å². The molecule has 31 heavy (non-hydrogen) atoms. The minimum atomic E-state index is -0.126. The van der Waals surface area contributed by atoms with Crippen LogP contribution in [0.5, 0.6) is 0 Å². The molecule has 2 heterocycles. The number of benzene rings is 2. The van der Waals surface area contributed by atoms with Gasteiger partial charge in [0.15, 0.2) is 5.69 Å². The molecule has 0 saturated carbocycles. The van der Waals surface area contributed by atoms with E-state index in [4.69, 9.17) is 11.6 Å². The largest absolute Gasteiger partial charge is 0.343 e. The van der Waals surface area contributed by atoms with Gasteiger partial charge in [0.1, 0.15) is 5.65 Å². The molecule has 0 saturated heterocycles. The normalized spacial score (nSPS) is 11.2. The monoisotopic (exact) mass is 432 g/mol. The molecule has 0 spiro atoms. The van der Waals surface area contributed by atoms with Crippen LogP contribution in [0.15, 0.2) is 79.0 Å². The first kappa shape index (κ1) is 21.1. The van der Waals surface area contributed by atoms with E-state index in [9.17, 15) is 4.79 Å². The molecule has 2 aromatic carbocycles. The second-order valence-corrected chi connectivity index (χ2v) is 8.12. The number of pyridine rings is 1. The lowest BCUT2D eigenvalue weighted by Gasteiger charge is -2.19. The van der Waals surface area contributed by atoms with E-state index in [0.29, 0.717) is 22.9 Å². The van der Waals surface area contributed by atoms with E-state index in [2.05, 4.69) is 58.8 Å². The van der Waals surface area contributed by atoms with Gasteiger partial charge in [0.25, 0.3) is 5.91 Å². The van der Waals surface area contributed by atoms with Gasteiger partial charge < -0.3 is 14.6 Å². The summed E-state index contributed by atoms with van der Waals surface area (Å²) in [5.41, 5.74) is 4.43. The van der Waals surface area contributed by atoms with Gasteiger partial charge in [0.05, 0.1) is 10.7 Å². The minimum Gasteiger partial charge on any atom is -0.343 e. The number of carbonyl (C=O) groups excluding carboxylic acids is 1. The third kappa shape index (κ3) is 4.63. The van der Waals surface area contributed by atoms with Gasteiger partial charge in [-0.2, -0.15) is 0 Å². The fourth-order valence-electron chi connectivity index (χ4n) is 3.75. The second-order valence-electron chi connectivity index (χ2n) is 7.69. The van der Waals surface area contributed by atoms with Crippen molar-refractivity contribution in [2.24, 2.45) is 0 Å². The van der Waals surface area contributed by atoms with Gasteiger partial charge in [-0.05, 0) is 23.3 Å². The Bertz CT molecular complexity index is 1130. The Kier molecular flexibility index (Phi) is 6.35. The number of imidazole rings is 1. The highest BCUT2D eigenvalue weighted by molar-refractivity contribution is 6.30. The summed E-state index contributed by atoms with van der Waals surface area (Å²) >= 11 is 6.22. The lowest BCUT2D eigenvalue weighted by molar-refractivity contribution is 0.0821. The third-order valence-corrected chi connectivity index (χ3v) is 5.56. The second kappa shape index (κ2) is 9.33. The molecule has 6 heteroatoms. The van der Waals surface area contributed by atoms with Crippen LogP contribution in [0, 0.1) is 0 Å². The first-order valence-corrected chi connectivity index (χ1v) is 10.6. The van der Waals surface area contributed by atoms with Crippen molar-refractivity contribution < 1.29 is 4.79 Å². The molecule has 158 valence electrons. The molecule has 0 bridgehead atoms. The zero-order valence-electron chi connectivity index (χ0n) is 17.6. The molecule has 0 radical (unpaired) electrons. The molecule has 1 amide bonds. The van der Waals surface area contributed by atoms with Crippen molar-refractivity contribution in [1.29, 1.82) is 0 Å². The Morgan fingerprint density at radius 3 is 2.19 bits per heavy atom. The van der Waals surface area contributed by atoms with Crippen molar-refractivity contribution in [3.05, 3.63) is 107 Å². The summed E-state index contributed by atoms with van der Waals surface area (Å²) in [7, 11) is 3.47. The number of fused-ring (bicyclic) bond motifs is 1. The smallest absolute Gasteiger partial charge is 0.273 e. The maximum atomic E-state index is 12.7. The number of amides is 1. The molecule has 5 nitrogen and oxygen atoms in total. The van der Waals surface area contributed by atoms with Crippen molar-refractivity contribution in [2.45, 2.75) is 12.5 Å². The Hall–Kier alpha value is -3.15. The Morgan fingerprint density at radius 2 is 1.61 bits per heavy atom. The summed E-state index contributed by atoms with van der Waals surface area (Å²) in [6.45, 7) is 1.21. The summed E-state index contributed by atoms with van der Waals surface area (Å²) in [6, 6.07) is 24.5. The number of nitrogens with one attached hydrogen (secondary N) is 1. The molecule has 0 aliphatic carbocycles. The predicted molar refractivity (Wildman–Crippen MR) is 125 cm³/mol. The van der Waals surface area contributed by atoms with Gasteiger partial charge >= 0.3 is 0 Å². The van der Waals surface area contributed by atoms with Crippen LogP contribution in [0.1, 0.15) is 33.2 Å². The van der Waals surface area contributed by atoms with Crippen molar-refractivity contribution in [3.63, 3.8) is 0 Å². The molecular weight excluding hydrogens is 408 g/mol. The highest BCUT2D eigenvalue weighted by Gasteiger charge is 2.21. The standard InChI is InChI=1S/C25H25ClN4O/c1-29(2)25(31)24-22(30-17-20(26)13-14-23(30)28-24)16-27-15-21(18-9-5-3-6-10-18)19-11-7-4-8-12-19/h3-14,17,21,27H,15-16H2,1-2H3. The van der Waals surface area contributed by atoms with Gasteiger partial charge in [-0.1, -0.05) is 72.3 Å². The van der Waals surface area contributed by atoms with Crippen molar-refractivity contribution in [2.75, 3.05) is 20.6 Å². The topological polar surface area (TPSA) is 49.6 Å². The summed E-state index contributed by atoms with van der Waals surface area (Å²) in [4.78, 5) is 18.9. The summed E-state index contributed by atoms with van der Waals surface area (Å²) < 4.78 is 1.89. The molecule has 0 fully saturated rings. The van der Waals surface area contributed by atoms with E-state index >= 15 is 0 Å². The van der Waals surface area contributed by atoms with Crippen LogP contribution in [-0.2, 0) is 6.54 Å². The van der Waals surface area contributed by atoms with Gasteiger partial charge in [0.2, 0.25) is 0 Å². The number of hydrogen-bond donors (Lipinski definition) is 1. The highest BCUT2D eigenvalue weighted by atomic mass is 35.5. The summed E-state index contributed by atoms with van der Waals surface area (Å²) in [5, 5.41) is 4.15. The number of hydrogen-bond acceptors (Lipinski definition) is 3. The van der Waals surface area contributed by atoms with Crippen LogP contribution in [0.4, 0.5) is 0 Å². The summed E-state index contributed by atoms with van der Waals surface area (Å²) in [5.74, 6) is 0.0671. The maximum Gasteiger partial charge on any atom is 0.273 e. The molecule has 0 atom stereocenters. The quantitative estimate of drug-likeness (QED) is 0.464. The average Bonchev–Trinajstić information content (AvgIpc) is 3.14. The van der Waals surface area contributed by atoms with Gasteiger partial charge in [-0.25, -0.2) is 4.98 Å². The molecular formula is C25H25ClN4O. The highest BCUT2D eigenvalue weighted by Crippen LogP contribution is 2.24. The van der Waals surface area contributed by atoms with E-state index in [-0.39, 0.29) is 11.8 Å². The van der Waals surface area contributed by atoms with Crippen molar-refractivity contribution in [3.8, 4) is 0 Å². The minimum absolute atomic E-state index is 0.126. The first-order valence-electron chi connectivity index (χ1n) is 10.2. The van der Waals surface area contributed by atoms with E-state index in [1.54, 1.807) is 31.3 Å². The van der Waals surface area contributed by atoms with Crippen LogP contribution in [0.25, 0.3) is 5.65 Å². The van der Waals surface area contributed by atoms with Gasteiger partial charge in [-0.15, -0.1) is 0 Å². The SMILES string of the molecule is CN(C)C(=O)c1nc2ccc(Cl)cn2c1CNCC(c1ccccc1)c1ccccc1. The average molecular weight is 433 g/mol. The zero-order valence-corrected chi connectivity index (χ0v) is 18.4. The van der Waals surface area contributed by atoms with E-state index in [1.807, 2.05) is 22.6 Å².